The highest BCUT2D eigenvalue weighted by Crippen LogP contribution is 2.18. The van der Waals surface area contributed by atoms with Crippen molar-refractivity contribution in [1.82, 2.24) is 14.0 Å². The Bertz CT molecular complexity index is 1090. The molecule has 0 aliphatic carbocycles. The summed E-state index contributed by atoms with van der Waals surface area (Å²) in [6.45, 7) is 1.83. The molecule has 3 rings (SSSR count). The zero-order chi connectivity index (χ0) is 21.8. The number of hydrogen-bond acceptors (Lipinski definition) is 6. The van der Waals surface area contributed by atoms with E-state index in [1.165, 1.54) is 11.6 Å². The molecule has 1 aliphatic heterocycles. The van der Waals surface area contributed by atoms with Gasteiger partial charge in [-0.15, -0.1) is 0 Å². The summed E-state index contributed by atoms with van der Waals surface area (Å²) in [5, 5.41) is 9.44. The third-order valence-corrected chi connectivity index (χ3v) is 5.46. The van der Waals surface area contributed by atoms with E-state index < -0.39 is 11.2 Å². The fourth-order valence-corrected chi connectivity index (χ4v) is 3.67. The Morgan fingerprint density at radius 2 is 1.70 bits per heavy atom. The summed E-state index contributed by atoms with van der Waals surface area (Å²) in [4.78, 5) is 40.8. The van der Waals surface area contributed by atoms with Gasteiger partial charge in [-0.25, -0.2) is 4.79 Å². The van der Waals surface area contributed by atoms with Crippen LogP contribution in [0.3, 0.4) is 0 Å². The van der Waals surface area contributed by atoms with E-state index in [0.29, 0.717) is 44.8 Å². The third-order valence-electron chi connectivity index (χ3n) is 5.46. The second-order valence-corrected chi connectivity index (χ2v) is 7.23. The molecule has 1 fully saturated rings. The molecule has 0 bridgehead atoms. The summed E-state index contributed by atoms with van der Waals surface area (Å²) in [6, 6.07) is 9.57. The van der Waals surface area contributed by atoms with E-state index in [4.69, 9.17) is 4.74 Å². The second kappa shape index (κ2) is 8.86. The number of rotatable bonds is 5. The Hall–Kier alpha value is -3.54. The van der Waals surface area contributed by atoms with Gasteiger partial charge in [0.1, 0.15) is 17.6 Å². The predicted molar refractivity (Wildman–Crippen MR) is 112 cm³/mol. The highest BCUT2D eigenvalue weighted by molar-refractivity contribution is 5.76. The van der Waals surface area contributed by atoms with Crippen LogP contribution in [0.1, 0.15) is 17.5 Å². The number of ether oxygens (including phenoxy) is 1. The van der Waals surface area contributed by atoms with Crippen molar-refractivity contribution in [2.24, 2.45) is 14.1 Å². The number of carbonyl (C=O) groups excluding carboxylic acids is 1. The third kappa shape index (κ3) is 4.08. The zero-order valence-electron chi connectivity index (χ0n) is 17.4. The first-order chi connectivity index (χ1) is 14.4. The number of piperazine rings is 1. The molecule has 1 aromatic carbocycles. The fraction of sp³-hybridized carbons (Fsp3) is 0.429. The minimum absolute atomic E-state index is 0.0566. The number of carbonyl (C=O) groups is 1. The van der Waals surface area contributed by atoms with Crippen LogP contribution in [0.4, 0.5) is 5.82 Å². The molecule has 9 nitrogen and oxygen atoms in total. The van der Waals surface area contributed by atoms with Gasteiger partial charge in [0, 0.05) is 46.7 Å². The first kappa shape index (κ1) is 21.2. The molecule has 1 aromatic heterocycles. The van der Waals surface area contributed by atoms with E-state index >= 15 is 0 Å². The molecule has 0 unspecified atom stereocenters. The number of nitrogens with zero attached hydrogens (tertiary/aromatic N) is 5. The van der Waals surface area contributed by atoms with Gasteiger partial charge in [0.2, 0.25) is 5.91 Å². The molecule has 0 N–H and O–H groups in total. The average molecular weight is 411 g/mol. The Kier molecular flexibility index (Phi) is 6.26. The molecule has 0 spiro atoms. The van der Waals surface area contributed by atoms with Crippen molar-refractivity contribution in [1.29, 1.82) is 5.26 Å². The van der Waals surface area contributed by atoms with E-state index in [1.54, 1.807) is 19.1 Å². The van der Waals surface area contributed by atoms with Crippen molar-refractivity contribution in [3.63, 3.8) is 0 Å². The summed E-state index contributed by atoms with van der Waals surface area (Å²) in [5.74, 6) is 1.16. The van der Waals surface area contributed by atoms with E-state index in [2.05, 4.69) is 0 Å². The van der Waals surface area contributed by atoms with Gasteiger partial charge >= 0.3 is 5.69 Å². The van der Waals surface area contributed by atoms with Gasteiger partial charge in [-0.05, 0) is 24.1 Å². The Morgan fingerprint density at radius 1 is 1.07 bits per heavy atom. The highest BCUT2D eigenvalue weighted by atomic mass is 16.5. The Labute approximate surface area is 174 Å². The lowest BCUT2D eigenvalue weighted by molar-refractivity contribution is -0.131. The van der Waals surface area contributed by atoms with Crippen LogP contribution in [0.5, 0.6) is 5.75 Å². The van der Waals surface area contributed by atoms with Crippen LogP contribution < -0.4 is 20.9 Å². The standard InChI is InChI=1S/C21H25N5O4/c1-23-19(17(14-22)20(28)24(2)21(23)29)26-12-10-25(11-13-26)18(27)9-6-15-4-7-16(30-3)8-5-15/h4-5,7-8H,6,9-13H2,1-3H3. The molecule has 0 saturated carbocycles. The monoisotopic (exact) mass is 411 g/mol. The molecule has 2 aromatic rings. The van der Waals surface area contributed by atoms with Crippen LogP contribution in [0.25, 0.3) is 0 Å². The Morgan fingerprint density at radius 3 is 2.27 bits per heavy atom. The first-order valence-corrected chi connectivity index (χ1v) is 9.73. The van der Waals surface area contributed by atoms with E-state index in [-0.39, 0.29) is 11.5 Å². The fourth-order valence-electron chi connectivity index (χ4n) is 3.67. The largest absolute Gasteiger partial charge is 0.497 e. The van der Waals surface area contributed by atoms with Crippen molar-refractivity contribution in [3.05, 3.63) is 56.2 Å². The number of hydrogen-bond donors (Lipinski definition) is 0. The van der Waals surface area contributed by atoms with Crippen LogP contribution >= 0.6 is 0 Å². The van der Waals surface area contributed by atoms with Gasteiger partial charge in [-0.2, -0.15) is 5.26 Å². The zero-order valence-corrected chi connectivity index (χ0v) is 17.4. The average Bonchev–Trinajstić information content (AvgIpc) is 2.78. The van der Waals surface area contributed by atoms with E-state index in [0.717, 1.165) is 15.9 Å². The molecule has 9 heteroatoms. The highest BCUT2D eigenvalue weighted by Gasteiger charge is 2.26. The summed E-state index contributed by atoms with van der Waals surface area (Å²) in [7, 11) is 4.52. The second-order valence-electron chi connectivity index (χ2n) is 7.23. The summed E-state index contributed by atoms with van der Waals surface area (Å²) < 4.78 is 7.39. The lowest BCUT2D eigenvalue weighted by atomic mass is 10.1. The van der Waals surface area contributed by atoms with Gasteiger partial charge in [-0.1, -0.05) is 12.1 Å². The maximum Gasteiger partial charge on any atom is 0.332 e. The molecule has 1 amide bonds. The number of benzene rings is 1. The van der Waals surface area contributed by atoms with Gasteiger partial charge in [0.25, 0.3) is 5.56 Å². The van der Waals surface area contributed by atoms with Crippen molar-refractivity contribution in [2.75, 3.05) is 38.2 Å². The summed E-state index contributed by atoms with van der Waals surface area (Å²) >= 11 is 0. The SMILES string of the molecule is COc1ccc(CCC(=O)N2CCN(c3c(C#N)c(=O)n(C)c(=O)n3C)CC2)cc1. The normalized spacial score (nSPS) is 13.8. The van der Waals surface area contributed by atoms with Crippen LogP contribution in [0.2, 0.25) is 0 Å². The predicted octanol–water partition coefficient (Wildman–Crippen LogP) is 0.246. The van der Waals surface area contributed by atoms with Crippen LogP contribution in [-0.2, 0) is 25.3 Å². The van der Waals surface area contributed by atoms with Crippen LogP contribution in [-0.4, -0.2) is 53.2 Å². The van der Waals surface area contributed by atoms with Gasteiger partial charge in [-0.3, -0.25) is 18.7 Å². The molecule has 2 heterocycles. The maximum atomic E-state index is 12.6. The number of aryl methyl sites for hydroxylation is 1. The molecule has 1 saturated heterocycles. The van der Waals surface area contributed by atoms with E-state index in [1.807, 2.05) is 35.2 Å². The number of aromatic nitrogens is 2. The minimum atomic E-state index is -0.603. The number of methoxy groups -OCH3 is 1. The lowest BCUT2D eigenvalue weighted by Crippen LogP contribution is -2.51. The van der Waals surface area contributed by atoms with Crippen LogP contribution in [0.15, 0.2) is 33.9 Å². The molecule has 0 atom stereocenters. The van der Waals surface area contributed by atoms with Crippen molar-refractivity contribution in [3.8, 4) is 11.8 Å². The molecule has 1 aliphatic rings. The summed E-state index contributed by atoms with van der Waals surface area (Å²) in [6.07, 6.45) is 1.05. The lowest BCUT2D eigenvalue weighted by Gasteiger charge is -2.37. The quantitative estimate of drug-likeness (QED) is 0.699. The van der Waals surface area contributed by atoms with Crippen LogP contribution in [0, 0.1) is 11.3 Å². The smallest absolute Gasteiger partial charge is 0.332 e. The Balaban J connectivity index is 1.65. The van der Waals surface area contributed by atoms with Crippen molar-refractivity contribution >= 4 is 11.7 Å². The van der Waals surface area contributed by atoms with Crippen molar-refractivity contribution < 1.29 is 9.53 Å². The molecule has 158 valence electrons. The number of amides is 1. The van der Waals surface area contributed by atoms with Crippen molar-refractivity contribution in [2.45, 2.75) is 12.8 Å². The topological polar surface area (TPSA) is 101 Å². The van der Waals surface area contributed by atoms with Gasteiger partial charge in [0.15, 0.2) is 5.56 Å². The summed E-state index contributed by atoms with van der Waals surface area (Å²) in [5.41, 5.74) is -0.0731. The number of nitriles is 1. The van der Waals surface area contributed by atoms with Gasteiger partial charge in [0.05, 0.1) is 7.11 Å². The van der Waals surface area contributed by atoms with Gasteiger partial charge < -0.3 is 14.5 Å². The number of anilines is 1. The molecule has 0 radical (unpaired) electrons. The first-order valence-electron chi connectivity index (χ1n) is 9.73. The van der Waals surface area contributed by atoms with E-state index in [9.17, 15) is 19.6 Å². The maximum absolute atomic E-state index is 12.6. The minimum Gasteiger partial charge on any atom is -0.497 e. The molecular weight excluding hydrogens is 386 g/mol. The molecule has 30 heavy (non-hydrogen) atoms. The molecular formula is C21H25N5O4.